The normalized spacial score (nSPS) is 31.7. The fourth-order valence-electron chi connectivity index (χ4n) is 3.51. The molecule has 0 radical (unpaired) electrons. The molecule has 2 aliphatic rings. The first kappa shape index (κ1) is 13.6. The number of rotatable bonds is 1. The zero-order valence-electron chi connectivity index (χ0n) is 12.2. The quantitative estimate of drug-likeness (QED) is 0.777. The predicted molar refractivity (Wildman–Crippen MR) is 74.5 cm³/mol. The monoisotopic (exact) mass is 278 g/mol. The molecule has 0 aromatic carbocycles. The summed E-state index contributed by atoms with van der Waals surface area (Å²) in [6.07, 6.45) is 3.06. The van der Waals surface area contributed by atoms with Gasteiger partial charge in [0.15, 0.2) is 0 Å². The Morgan fingerprint density at radius 1 is 1.45 bits per heavy atom. The van der Waals surface area contributed by atoms with Crippen LogP contribution >= 0.6 is 0 Å². The topological polar surface area (TPSA) is 45.9 Å². The van der Waals surface area contributed by atoms with E-state index in [1.54, 1.807) is 12.3 Å². The second kappa shape index (κ2) is 5.22. The van der Waals surface area contributed by atoms with Crippen molar-refractivity contribution in [3.8, 4) is 0 Å². The van der Waals surface area contributed by atoms with Crippen molar-refractivity contribution < 1.29 is 13.9 Å². The minimum absolute atomic E-state index is 0.0466. The van der Waals surface area contributed by atoms with Crippen LogP contribution in [0.1, 0.15) is 17.3 Å². The Hall–Kier alpha value is -1.33. The maximum Gasteiger partial charge on any atom is 0.257 e. The molecule has 2 fully saturated rings. The maximum absolute atomic E-state index is 12.5. The first-order chi connectivity index (χ1) is 9.61. The number of hydrogen-bond acceptors (Lipinski definition) is 4. The van der Waals surface area contributed by atoms with Crippen molar-refractivity contribution >= 4 is 5.91 Å². The van der Waals surface area contributed by atoms with Crippen LogP contribution in [0.4, 0.5) is 0 Å². The third kappa shape index (κ3) is 2.36. The molecule has 0 unspecified atom stereocenters. The van der Waals surface area contributed by atoms with Gasteiger partial charge in [-0.2, -0.15) is 0 Å². The van der Waals surface area contributed by atoms with Gasteiger partial charge in [-0.1, -0.05) is 6.92 Å². The lowest BCUT2D eigenvalue weighted by molar-refractivity contribution is 0.0490. The first-order valence-electron chi connectivity index (χ1n) is 7.18. The summed E-state index contributed by atoms with van der Waals surface area (Å²) < 4.78 is 10.8. The van der Waals surface area contributed by atoms with Gasteiger partial charge in [0.05, 0.1) is 25.0 Å². The Bertz CT molecular complexity index is 473. The lowest BCUT2D eigenvalue weighted by atomic mass is 9.79. The molecule has 1 amide bonds. The van der Waals surface area contributed by atoms with Crippen LogP contribution in [0.3, 0.4) is 0 Å². The van der Waals surface area contributed by atoms with Crippen LogP contribution in [-0.2, 0) is 4.74 Å². The van der Waals surface area contributed by atoms with Crippen LogP contribution in [-0.4, -0.2) is 62.1 Å². The smallest absolute Gasteiger partial charge is 0.257 e. The van der Waals surface area contributed by atoms with E-state index in [9.17, 15) is 4.79 Å². The standard InChI is InChI=1S/C15H22N2O3/c1-12-7-16(2)9-15(12)10-17(4-6-20-11-15)14(18)13-3-5-19-8-13/h3,5,8,12H,4,6-7,9-11H2,1-2H3/t12-,15+/m1/s1. The number of carbonyl (C=O) groups is 1. The molecular weight excluding hydrogens is 256 g/mol. The van der Waals surface area contributed by atoms with Crippen LogP contribution in [0.2, 0.25) is 0 Å². The number of nitrogens with zero attached hydrogens (tertiary/aromatic N) is 2. The molecule has 3 rings (SSSR count). The minimum atomic E-state index is 0.0466. The lowest BCUT2D eigenvalue weighted by Crippen LogP contribution is -2.45. The Morgan fingerprint density at radius 3 is 2.95 bits per heavy atom. The van der Waals surface area contributed by atoms with E-state index in [1.165, 1.54) is 6.26 Å². The van der Waals surface area contributed by atoms with Crippen molar-refractivity contribution in [2.75, 3.05) is 46.4 Å². The molecule has 1 aromatic rings. The molecular formula is C15H22N2O3. The second-order valence-corrected chi connectivity index (χ2v) is 6.25. The van der Waals surface area contributed by atoms with E-state index in [0.717, 1.165) is 26.2 Å². The summed E-state index contributed by atoms with van der Waals surface area (Å²) >= 11 is 0. The largest absolute Gasteiger partial charge is 0.472 e. The van der Waals surface area contributed by atoms with E-state index >= 15 is 0 Å². The third-order valence-corrected chi connectivity index (χ3v) is 4.67. The molecule has 1 aromatic heterocycles. The summed E-state index contributed by atoms with van der Waals surface area (Å²) in [5, 5.41) is 0. The number of carbonyl (C=O) groups excluding carboxylic acids is 1. The second-order valence-electron chi connectivity index (χ2n) is 6.25. The van der Waals surface area contributed by atoms with Crippen LogP contribution < -0.4 is 0 Å². The number of likely N-dealkylation sites (tertiary alicyclic amines) is 1. The molecule has 20 heavy (non-hydrogen) atoms. The Balaban J connectivity index is 1.81. The van der Waals surface area contributed by atoms with Gasteiger partial charge in [-0.05, 0) is 19.0 Å². The Morgan fingerprint density at radius 2 is 2.30 bits per heavy atom. The third-order valence-electron chi connectivity index (χ3n) is 4.67. The van der Waals surface area contributed by atoms with Crippen molar-refractivity contribution in [1.29, 1.82) is 0 Å². The van der Waals surface area contributed by atoms with Crippen molar-refractivity contribution in [3.05, 3.63) is 24.2 Å². The van der Waals surface area contributed by atoms with Gasteiger partial charge in [0.1, 0.15) is 6.26 Å². The molecule has 5 heteroatoms. The van der Waals surface area contributed by atoms with Crippen LogP contribution in [0.15, 0.2) is 23.0 Å². The van der Waals surface area contributed by atoms with E-state index in [-0.39, 0.29) is 11.3 Å². The highest BCUT2D eigenvalue weighted by molar-refractivity contribution is 5.93. The highest BCUT2D eigenvalue weighted by Gasteiger charge is 2.46. The molecule has 2 aliphatic heterocycles. The molecule has 110 valence electrons. The van der Waals surface area contributed by atoms with Gasteiger partial charge in [0, 0.05) is 31.6 Å². The fraction of sp³-hybridized carbons (Fsp3) is 0.667. The number of ether oxygens (including phenoxy) is 1. The Labute approximate surface area is 119 Å². The predicted octanol–water partition coefficient (Wildman–Crippen LogP) is 1.32. The number of amides is 1. The molecule has 2 atom stereocenters. The number of furan rings is 1. The SMILES string of the molecule is C[C@@H]1CN(C)C[C@]12COCCN(C(=O)c1ccoc1)C2. The van der Waals surface area contributed by atoms with Crippen molar-refractivity contribution in [2.45, 2.75) is 6.92 Å². The van der Waals surface area contributed by atoms with Crippen LogP contribution in [0.5, 0.6) is 0 Å². The molecule has 0 bridgehead atoms. The summed E-state index contributed by atoms with van der Waals surface area (Å²) in [4.78, 5) is 16.8. The highest BCUT2D eigenvalue weighted by Crippen LogP contribution is 2.37. The molecule has 0 N–H and O–H groups in total. The van der Waals surface area contributed by atoms with Crippen molar-refractivity contribution in [2.24, 2.45) is 11.3 Å². The van der Waals surface area contributed by atoms with Gasteiger partial charge < -0.3 is 19.0 Å². The molecule has 3 heterocycles. The summed E-state index contributed by atoms with van der Waals surface area (Å²) in [6, 6.07) is 1.73. The first-order valence-corrected chi connectivity index (χ1v) is 7.18. The van der Waals surface area contributed by atoms with E-state index < -0.39 is 0 Å². The summed E-state index contributed by atoms with van der Waals surface area (Å²) in [7, 11) is 2.14. The zero-order valence-corrected chi connectivity index (χ0v) is 12.2. The van der Waals surface area contributed by atoms with Crippen molar-refractivity contribution in [1.82, 2.24) is 9.80 Å². The van der Waals surface area contributed by atoms with Crippen molar-refractivity contribution in [3.63, 3.8) is 0 Å². The van der Waals surface area contributed by atoms with Crippen LogP contribution in [0.25, 0.3) is 0 Å². The number of hydrogen-bond donors (Lipinski definition) is 0. The average Bonchev–Trinajstić information content (AvgIpc) is 2.96. The van der Waals surface area contributed by atoms with E-state index in [4.69, 9.17) is 9.15 Å². The summed E-state index contributed by atoms with van der Waals surface area (Å²) in [6.45, 7) is 7.10. The van der Waals surface area contributed by atoms with Crippen LogP contribution in [0, 0.1) is 11.3 Å². The van der Waals surface area contributed by atoms with Gasteiger partial charge in [0.25, 0.3) is 5.91 Å². The van der Waals surface area contributed by atoms with Gasteiger partial charge >= 0.3 is 0 Å². The maximum atomic E-state index is 12.5. The molecule has 2 saturated heterocycles. The van der Waals surface area contributed by atoms with Gasteiger partial charge in [-0.15, -0.1) is 0 Å². The van der Waals surface area contributed by atoms with E-state index in [0.29, 0.717) is 24.6 Å². The van der Waals surface area contributed by atoms with Gasteiger partial charge in [0.2, 0.25) is 0 Å². The minimum Gasteiger partial charge on any atom is -0.472 e. The molecule has 5 nitrogen and oxygen atoms in total. The van der Waals surface area contributed by atoms with Gasteiger partial charge in [-0.25, -0.2) is 0 Å². The Kier molecular flexibility index (Phi) is 3.56. The van der Waals surface area contributed by atoms with E-state index in [1.807, 2.05) is 4.90 Å². The zero-order chi connectivity index (χ0) is 14.2. The van der Waals surface area contributed by atoms with E-state index in [2.05, 4.69) is 18.9 Å². The molecule has 0 aliphatic carbocycles. The van der Waals surface area contributed by atoms with Gasteiger partial charge in [-0.3, -0.25) is 4.79 Å². The molecule has 0 saturated carbocycles. The molecule has 1 spiro atoms. The summed E-state index contributed by atoms with van der Waals surface area (Å²) in [5.41, 5.74) is 0.686. The average molecular weight is 278 g/mol. The summed E-state index contributed by atoms with van der Waals surface area (Å²) in [5.74, 6) is 0.579. The lowest BCUT2D eigenvalue weighted by Gasteiger charge is -2.34. The fourth-order valence-corrected chi connectivity index (χ4v) is 3.51. The highest BCUT2D eigenvalue weighted by atomic mass is 16.5.